The number of rotatable bonds is 2. The van der Waals surface area contributed by atoms with E-state index in [9.17, 15) is 9.59 Å². The van der Waals surface area contributed by atoms with Crippen molar-refractivity contribution in [3.63, 3.8) is 0 Å². The number of H-pyrrole nitrogens is 1. The van der Waals surface area contributed by atoms with Crippen molar-refractivity contribution < 1.29 is 19.1 Å². The van der Waals surface area contributed by atoms with Gasteiger partial charge in [-0.25, -0.2) is 9.59 Å². The molecule has 1 fully saturated rings. The number of benzene rings is 1. The van der Waals surface area contributed by atoms with Gasteiger partial charge in [-0.3, -0.25) is 0 Å². The summed E-state index contributed by atoms with van der Waals surface area (Å²) < 4.78 is 11.7. The zero-order chi connectivity index (χ0) is 15.9. The van der Waals surface area contributed by atoms with Gasteiger partial charge in [0.05, 0.1) is 10.2 Å². The van der Waals surface area contributed by atoms with Gasteiger partial charge in [-0.2, -0.15) is 0 Å². The minimum atomic E-state index is -1.24. The molecule has 1 aromatic carbocycles. The number of esters is 2. The van der Waals surface area contributed by atoms with E-state index >= 15 is 0 Å². The number of nitrogens with one attached hydrogen (secondary N) is 2. The van der Waals surface area contributed by atoms with E-state index in [0.717, 1.165) is 15.9 Å². The molecule has 2 N–H and O–H groups in total. The molecule has 6 nitrogen and oxygen atoms in total. The molecule has 1 aliphatic rings. The Morgan fingerprint density at radius 1 is 1.27 bits per heavy atom. The van der Waals surface area contributed by atoms with Crippen molar-refractivity contribution in [2.24, 2.45) is 0 Å². The monoisotopic (exact) mass is 336 g/mol. The normalized spacial score (nSPS) is 17.1. The topological polar surface area (TPSA) is 80.4 Å². The maximum atomic E-state index is 11.8. The van der Waals surface area contributed by atoms with Crippen LogP contribution in [0.1, 0.15) is 13.8 Å². The predicted molar refractivity (Wildman–Crippen MR) is 85.0 cm³/mol. The van der Waals surface area contributed by atoms with Crippen LogP contribution in [-0.4, -0.2) is 22.7 Å². The minimum absolute atomic E-state index is 0.180. The molecule has 1 saturated heterocycles. The number of hydrogen-bond donors (Lipinski definition) is 2. The summed E-state index contributed by atoms with van der Waals surface area (Å²) in [7, 11) is 0. The number of aromatic nitrogens is 1. The molecule has 0 aliphatic carbocycles. The largest absolute Gasteiger partial charge is 0.419 e. The Balaban J connectivity index is 1.84. The molecular weight excluding hydrogens is 324 g/mol. The van der Waals surface area contributed by atoms with E-state index in [1.54, 1.807) is 6.07 Å². The average molecular weight is 336 g/mol. The zero-order valence-electron chi connectivity index (χ0n) is 11.8. The number of cyclic esters (lactones) is 2. The number of hydrogen-bond acceptors (Lipinski definition) is 7. The first-order valence-electron chi connectivity index (χ1n) is 6.40. The highest BCUT2D eigenvalue weighted by Crippen LogP contribution is 2.25. The van der Waals surface area contributed by atoms with Crippen LogP contribution in [0.25, 0.3) is 10.2 Å². The van der Waals surface area contributed by atoms with Crippen molar-refractivity contribution in [1.82, 2.24) is 4.98 Å². The van der Waals surface area contributed by atoms with Gasteiger partial charge in [-0.05, 0) is 30.4 Å². The summed E-state index contributed by atoms with van der Waals surface area (Å²) in [5, 5.41) is 2.90. The van der Waals surface area contributed by atoms with E-state index in [-0.39, 0.29) is 5.57 Å². The molecular formula is C14H12N2O4S2. The van der Waals surface area contributed by atoms with Gasteiger partial charge in [0, 0.05) is 25.7 Å². The zero-order valence-corrected chi connectivity index (χ0v) is 13.4. The first kappa shape index (κ1) is 14.7. The van der Waals surface area contributed by atoms with Crippen LogP contribution < -0.4 is 5.32 Å². The standard InChI is InChI=1S/C14H12N2O4S2/c1-14(2)19-11(17)8(12(18)20-14)6-15-7-3-4-9-10(5-7)22-13(21)16-9/h3-6,15H,1-2H3,(H,16,21). The fourth-order valence-electron chi connectivity index (χ4n) is 1.97. The van der Waals surface area contributed by atoms with E-state index in [2.05, 4.69) is 10.3 Å². The maximum Gasteiger partial charge on any atom is 0.350 e. The molecule has 0 saturated carbocycles. The lowest BCUT2D eigenvalue weighted by atomic mass is 10.2. The van der Waals surface area contributed by atoms with Crippen molar-refractivity contribution >= 4 is 51.4 Å². The Morgan fingerprint density at radius 2 is 1.95 bits per heavy atom. The number of thiazole rings is 1. The lowest BCUT2D eigenvalue weighted by molar-refractivity contribution is -0.222. The van der Waals surface area contributed by atoms with Crippen LogP contribution in [-0.2, 0) is 19.1 Å². The van der Waals surface area contributed by atoms with Gasteiger partial charge in [0.2, 0.25) is 0 Å². The molecule has 0 spiro atoms. The lowest BCUT2D eigenvalue weighted by Crippen LogP contribution is -2.42. The van der Waals surface area contributed by atoms with Crippen LogP contribution in [0, 0.1) is 3.95 Å². The second-order valence-electron chi connectivity index (χ2n) is 5.11. The third kappa shape index (κ3) is 2.88. The average Bonchev–Trinajstić information content (AvgIpc) is 2.75. The van der Waals surface area contributed by atoms with Gasteiger partial charge in [0.15, 0.2) is 9.53 Å². The van der Waals surface area contributed by atoms with Crippen molar-refractivity contribution in [3.05, 3.63) is 33.9 Å². The van der Waals surface area contributed by atoms with Crippen LogP contribution in [0.15, 0.2) is 30.0 Å². The molecule has 0 unspecified atom stereocenters. The molecule has 2 heterocycles. The summed E-state index contributed by atoms with van der Waals surface area (Å²) >= 11 is 6.53. The Bertz CT molecular complexity index is 841. The second-order valence-corrected chi connectivity index (χ2v) is 6.83. The Labute approximate surface area is 134 Å². The predicted octanol–water partition coefficient (Wildman–Crippen LogP) is 3.09. The number of aromatic amines is 1. The summed E-state index contributed by atoms with van der Waals surface area (Å²) in [6.07, 6.45) is 1.28. The molecule has 1 aromatic heterocycles. The summed E-state index contributed by atoms with van der Waals surface area (Å²) in [5.74, 6) is -2.67. The first-order valence-corrected chi connectivity index (χ1v) is 7.63. The Morgan fingerprint density at radius 3 is 2.64 bits per heavy atom. The highest BCUT2D eigenvalue weighted by atomic mass is 32.1. The molecule has 0 atom stereocenters. The second kappa shape index (κ2) is 5.22. The van der Waals surface area contributed by atoms with Crippen LogP contribution >= 0.6 is 23.6 Å². The number of ether oxygens (including phenoxy) is 2. The number of carbonyl (C=O) groups is 2. The van der Waals surface area contributed by atoms with Crippen LogP contribution in [0.4, 0.5) is 5.69 Å². The van der Waals surface area contributed by atoms with E-state index in [0.29, 0.717) is 3.95 Å². The van der Waals surface area contributed by atoms with Crippen molar-refractivity contribution in [1.29, 1.82) is 0 Å². The fraction of sp³-hybridized carbons (Fsp3) is 0.214. The molecule has 3 rings (SSSR count). The maximum absolute atomic E-state index is 11.8. The van der Waals surface area contributed by atoms with Crippen LogP contribution in [0.5, 0.6) is 0 Å². The van der Waals surface area contributed by atoms with Gasteiger partial charge in [-0.1, -0.05) is 0 Å². The summed E-state index contributed by atoms with van der Waals surface area (Å²) in [6, 6.07) is 5.54. The molecule has 8 heteroatoms. The van der Waals surface area contributed by atoms with Gasteiger partial charge in [0.1, 0.15) is 0 Å². The SMILES string of the molecule is CC1(C)OC(=O)C(=CNc2ccc3[nH]c(=S)sc3c2)C(=O)O1. The molecule has 22 heavy (non-hydrogen) atoms. The molecule has 0 amide bonds. The van der Waals surface area contributed by atoms with Gasteiger partial charge < -0.3 is 19.8 Å². The minimum Gasteiger partial charge on any atom is -0.419 e. The van der Waals surface area contributed by atoms with Crippen LogP contribution in [0.3, 0.4) is 0 Å². The van der Waals surface area contributed by atoms with Crippen LogP contribution in [0.2, 0.25) is 0 Å². The lowest BCUT2D eigenvalue weighted by Gasteiger charge is -2.29. The summed E-state index contributed by atoms with van der Waals surface area (Å²) in [4.78, 5) is 26.7. The third-order valence-electron chi connectivity index (χ3n) is 2.92. The molecule has 114 valence electrons. The Kier molecular flexibility index (Phi) is 3.50. The quantitative estimate of drug-likeness (QED) is 0.380. The Hall–Kier alpha value is -2.19. The van der Waals surface area contributed by atoms with Crippen molar-refractivity contribution in [3.8, 4) is 0 Å². The fourth-order valence-corrected chi connectivity index (χ4v) is 3.12. The number of fused-ring (bicyclic) bond motifs is 1. The highest BCUT2D eigenvalue weighted by molar-refractivity contribution is 7.73. The van der Waals surface area contributed by atoms with E-state index < -0.39 is 17.7 Å². The molecule has 0 bridgehead atoms. The van der Waals surface area contributed by atoms with Crippen molar-refractivity contribution in [2.45, 2.75) is 19.6 Å². The highest BCUT2D eigenvalue weighted by Gasteiger charge is 2.38. The smallest absolute Gasteiger partial charge is 0.350 e. The molecule has 2 aromatic rings. The van der Waals surface area contributed by atoms with Gasteiger partial charge in [-0.15, -0.1) is 11.3 Å². The van der Waals surface area contributed by atoms with E-state index in [1.807, 2.05) is 12.1 Å². The number of carbonyl (C=O) groups excluding carboxylic acids is 2. The number of anilines is 1. The summed E-state index contributed by atoms with van der Waals surface area (Å²) in [5.41, 5.74) is 1.48. The first-order chi connectivity index (χ1) is 10.3. The molecule has 1 aliphatic heterocycles. The molecule has 0 radical (unpaired) electrons. The summed E-state index contributed by atoms with van der Waals surface area (Å²) in [6.45, 7) is 3.00. The van der Waals surface area contributed by atoms with Gasteiger partial charge in [0.25, 0.3) is 5.79 Å². The van der Waals surface area contributed by atoms with E-state index in [4.69, 9.17) is 21.7 Å². The van der Waals surface area contributed by atoms with Crippen molar-refractivity contribution in [2.75, 3.05) is 5.32 Å². The van der Waals surface area contributed by atoms with E-state index in [1.165, 1.54) is 31.4 Å². The third-order valence-corrected chi connectivity index (χ3v) is 4.12. The van der Waals surface area contributed by atoms with Gasteiger partial charge >= 0.3 is 11.9 Å².